The highest BCUT2D eigenvalue weighted by molar-refractivity contribution is 7.20. The number of thiazole rings is 2. The number of nitrogens with zero attached hydrogens (tertiary/aromatic N) is 2. The lowest BCUT2D eigenvalue weighted by atomic mass is 10.2. The fraction of sp³-hybridized carbons (Fsp3) is 0.111. The van der Waals surface area contributed by atoms with Gasteiger partial charge in [-0.15, -0.1) is 22.7 Å². The summed E-state index contributed by atoms with van der Waals surface area (Å²) in [5, 5.41) is 2.05. The van der Waals surface area contributed by atoms with Gasteiger partial charge in [0.15, 0.2) is 0 Å². The molecule has 0 aliphatic rings. The average Bonchev–Trinajstić information content (AvgIpc) is 3.07. The molecular weight excluding hydrogens is 308 g/mol. The minimum absolute atomic E-state index is 1.02. The molecule has 22 heavy (non-hydrogen) atoms. The van der Waals surface area contributed by atoms with Crippen LogP contribution in [-0.2, 0) is 0 Å². The first-order valence-corrected chi connectivity index (χ1v) is 8.73. The lowest BCUT2D eigenvalue weighted by Gasteiger charge is -1.88. The third-order valence-electron chi connectivity index (χ3n) is 3.49. The molecule has 0 atom stereocenters. The molecule has 0 saturated carbocycles. The summed E-state index contributed by atoms with van der Waals surface area (Å²) >= 11 is 3.43. The lowest BCUT2D eigenvalue weighted by Crippen LogP contribution is -1.73. The zero-order valence-electron chi connectivity index (χ0n) is 12.3. The lowest BCUT2D eigenvalue weighted by molar-refractivity contribution is 1.42. The van der Waals surface area contributed by atoms with E-state index < -0.39 is 0 Å². The van der Waals surface area contributed by atoms with Gasteiger partial charge in [-0.3, -0.25) is 0 Å². The highest BCUT2D eigenvalue weighted by Gasteiger charge is 2.03. The van der Waals surface area contributed by atoms with Crippen molar-refractivity contribution >= 4 is 55.3 Å². The van der Waals surface area contributed by atoms with Crippen molar-refractivity contribution in [2.45, 2.75) is 13.8 Å². The highest BCUT2D eigenvalue weighted by Crippen LogP contribution is 2.27. The van der Waals surface area contributed by atoms with Crippen molar-refractivity contribution in [1.29, 1.82) is 0 Å². The first-order chi connectivity index (χ1) is 10.7. The molecule has 0 amide bonds. The SMILES string of the molecule is Cc1ccc2sc(C=Cc3nc4cc(C)ccc4s3)nc2c1. The second-order valence-electron chi connectivity index (χ2n) is 5.38. The van der Waals surface area contributed by atoms with Crippen LogP contribution < -0.4 is 0 Å². The molecule has 0 aliphatic heterocycles. The minimum Gasteiger partial charge on any atom is -0.237 e. The number of aryl methyl sites for hydroxylation is 2. The second-order valence-corrected chi connectivity index (χ2v) is 7.50. The van der Waals surface area contributed by atoms with Crippen LogP contribution in [0.25, 0.3) is 32.6 Å². The minimum atomic E-state index is 1.02. The van der Waals surface area contributed by atoms with Crippen molar-refractivity contribution in [3.05, 3.63) is 57.5 Å². The normalized spacial score (nSPS) is 11.9. The molecule has 2 aromatic heterocycles. The van der Waals surface area contributed by atoms with E-state index in [1.807, 2.05) is 0 Å². The van der Waals surface area contributed by atoms with E-state index in [0.717, 1.165) is 21.0 Å². The third-order valence-corrected chi connectivity index (χ3v) is 5.49. The molecule has 2 aromatic carbocycles. The van der Waals surface area contributed by atoms with E-state index in [-0.39, 0.29) is 0 Å². The van der Waals surface area contributed by atoms with Crippen LogP contribution in [0.1, 0.15) is 21.1 Å². The summed E-state index contributed by atoms with van der Waals surface area (Å²) in [7, 11) is 0. The number of hydrogen-bond acceptors (Lipinski definition) is 4. The van der Waals surface area contributed by atoms with Crippen LogP contribution in [0.5, 0.6) is 0 Å². The smallest absolute Gasteiger partial charge is 0.117 e. The molecule has 108 valence electrons. The van der Waals surface area contributed by atoms with Crippen molar-refractivity contribution < 1.29 is 0 Å². The van der Waals surface area contributed by atoms with Gasteiger partial charge in [-0.05, 0) is 61.4 Å². The van der Waals surface area contributed by atoms with Crippen LogP contribution in [0.3, 0.4) is 0 Å². The van der Waals surface area contributed by atoms with Gasteiger partial charge in [0.05, 0.1) is 20.4 Å². The highest BCUT2D eigenvalue weighted by atomic mass is 32.1. The topological polar surface area (TPSA) is 25.8 Å². The molecule has 0 bridgehead atoms. The molecule has 0 spiro atoms. The molecule has 0 radical (unpaired) electrons. The Morgan fingerprint density at radius 3 is 1.64 bits per heavy atom. The van der Waals surface area contributed by atoms with Gasteiger partial charge in [-0.1, -0.05) is 12.1 Å². The Morgan fingerprint density at radius 2 is 1.18 bits per heavy atom. The molecule has 0 unspecified atom stereocenters. The van der Waals surface area contributed by atoms with Crippen molar-refractivity contribution in [2.75, 3.05) is 0 Å². The Kier molecular flexibility index (Phi) is 3.28. The van der Waals surface area contributed by atoms with Gasteiger partial charge in [0.25, 0.3) is 0 Å². The first-order valence-electron chi connectivity index (χ1n) is 7.10. The van der Waals surface area contributed by atoms with E-state index in [4.69, 9.17) is 0 Å². The molecule has 0 aliphatic carbocycles. The molecular formula is C18H14N2S2. The number of rotatable bonds is 2. The summed E-state index contributed by atoms with van der Waals surface area (Å²) < 4.78 is 2.45. The molecule has 0 saturated heterocycles. The molecule has 0 fully saturated rings. The van der Waals surface area contributed by atoms with E-state index >= 15 is 0 Å². The van der Waals surface area contributed by atoms with Crippen LogP contribution in [0.15, 0.2) is 36.4 Å². The van der Waals surface area contributed by atoms with E-state index in [1.54, 1.807) is 22.7 Å². The fourth-order valence-corrected chi connectivity index (χ4v) is 4.10. The van der Waals surface area contributed by atoms with Crippen LogP contribution in [0.2, 0.25) is 0 Å². The quantitative estimate of drug-likeness (QED) is 0.473. The molecule has 2 heterocycles. The standard InChI is InChI=1S/C18H14N2S2/c1-11-3-5-15-13(9-11)19-17(21-15)7-8-18-20-14-10-12(2)4-6-16(14)22-18/h3-10H,1-2H3. The third kappa shape index (κ3) is 2.56. The van der Waals surface area contributed by atoms with Gasteiger partial charge in [0, 0.05) is 0 Å². The summed E-state index contributed by atoms with van der Waals surface area (Å²) in [6.07, 6.45) is 4.12. The summed E-state index contributed by atoms with van der Waals surface area (Å²) in [5.41, 5.74) is 4.64. The maximum Gasteiger partial charge on any atom is 0.117 e. The van der Waals surface area contributed by atoms with Gasteiger partial charge in [-0.2, -0.15) is 0 Å². The molecule has 2 nitrogen and oxygen atoms in total. The number of hydrogen-bond donors (Lipinski definition) is 0. The van der Waals surface area contributed by atoms with Gasteiger partial charge >= 0.3 is 0 Å². The Labute approximate surface area is 136 Å². The van der Waals surface area contributed by atoms with Crippen molar-refractivity contribution in [1.82, 2.24) is 9.97 Å². The van der Waals surface area contributed by atoms with Crippen LogP contribution in [0.4, 0.5) is 0 Å². The Hall–Kier alpha value is -2.04. The maximum absolute atomic E-state index is 4.67. The van der Waals surface area contributed by atoms with Gasteiger partial charge in [-0.25, -0.2) is 9.97 Å². The molecule has 4 heteroatoms. The van der Waals surface area contributed by atoms with Gasteiger partial charge < -0.3 is 0 Å². The summed E-state index contributed by atoms with van der Waals surface area (Å²) in [6.45, 7) is 4.19. The summed E-state index contributed by atoms with van der Waals surface area (Å²) in [6, 6.07) is 12.8. The predicted molar refractivity (Wildman–Crippen MR) is 97.6 cm³/mol. The zero-order chi connectivity index (χ0) is 15.1. The number of aromatic nitrogens is 2. The predicted octanol–water partition coefficient (Wildman–Crippen LogP) is 5.69. The first kappa shape index (κ1) is 13.6. The summed E-state index contributed by atoms with van der Waals surface area (Å²) in [4.78, 5) is 9.33. The Bertz CT molecular complexity index is 926. The van der Waals surface area contributed by atoms with Crippen LogP contribution in [0, 0.1) is 13.8 Å². The Balaban J connectivity index is 1.68. The van der Waals surface area contributed by atoms with E-state index in [9.17, 15) is 0 Å². The average molecular weight is 322 g/mol. The molecule has 0 N–H and O–H groups in total. The van der Waals surface area contributed by atoms with E-state index in [2.05, 4.69) is 72.4 Å². The summed E-state index contributed by atoms with van der Waals surface area (Å²) in [5.74, 6) is 0. The van der Waals surface area contributed by atoms with Crippen LogP contribution >= 0.6 is 22.7 Å². The molecule has 4 aromatic rings. The van der Waals surface area contributed by atoms with E-state index in [0.29, 0.717) is 0 Å². The number of fused-ring (bicyclic) bond motifs is 2. The zero-order valence-corrected chi connectivity index (χ0v) is 14.0. The monoisotopic (exact) mass is 322 g/mol. The van der Waals surface area contributed by atoms with Crippen molar-refractivity contribution in [3.8, 4) is 0 Å². The largest absolute Gasteiger partial charge is 0.237 e. The maximum atomic E-state index is 4.67. The van der Waals surface area contributed by atoms with Crippen molar-refractivity contribution in [3.63, 3.8) is 0 Å². The van der Waals surface area contributed by atoms with Gasteiger partial charge in [0.2, 0.25) is 0 Å². The Morgan fingerprint density at radius 1 is 0.727 bits per heavy atom. The number of benzene rings is 2. The van der Waals surface area contributed by atoms with Crippen molar-refractivity contribution in [2.24, 2.45) is 0 Å². The molecule has 4 rings (SSSR count). The van der Waals surface area contributed by atoms with E-state index in [1.165, 1.54) is 20.5 Å². The second kappa shape index (κ2) is 5.30. The fourth-order valence-electron chi connectivity index (χ4n) is 2.40. The van der Waals surface area contributed by atoms with Crippen LogP contribution in [-0.4, -0.2) is 9.97 Å². The van der Waals surface area contributed by atoms with Gasteiger partial charge in [0.1, 0.15) is 10.0 Å².